The third-order valence-electron chi connectivity index (χ3n) is 4.55. The maximum absolute atomic E-state index is 12.7. The van der Waals surface area contributed by atoms with E-state index in [9.17, 15) is 18.0 Å². The number of nitrogens with one attached hydrogen (secondary N) is 1. The molecule has 7 nitrogen and oxygen atoms in total. The van der Waals surface area contributed by atoms with Gasteiger partial charge in [-0.25, -0.2) is 4.98 Å². The monoisotopic (exact) mass is 482 g/mol. The van der Waals surface area contributed by atoms with Crippen LogP contribution in [0.5, 0.6) is 11.5 Å². The molecule has 0 fully saturated rings. The number of anilines is 1. The Balaban J connectivity index is 1.70. The Morgan fingerprint density at radius 1 is 1.06 bits per heavy atom. The Bertz CT molecular complexity index is 1150. The zero-order valence-corrected chi connectivity index (χ0v) is 18.7. The van der Waals surface area contributed by atoms with Crippen molar-refractivity contribution in [1.29, 1.82) is 0 Å². The van der Waals surface area contributed by atoms with Gasteiger partial charge in [-0.1, -0.05) is 17.7 Å². The predicted molar refractivity (Wildman–Crippen MR) is 119 cm³/mol. The van der Waals surface area contributed by atoms with Gasteiger partial charge >= 0.3 is 6.18 Å². The fraction of sp³-hybridized carbons (Fsp3) is 0.318. The molecule has 0 spiro atoms. The van der Waals surface area contributed by atoms with Crippen molar-refractivity contribution in [2.75, 3.05) is 25.1 Å². The number of halogens is 4. The minimum atomic E-state index is -4.53. The van der Waals surface area contributed by atoms with E-state index < -0.39 is 17.3 Å². The van der Waals surface area contributed by atoms with Gasteiger partial charge < -0.3 is 14.8 Å². The first kappa shape index (κ1) is 24.4. The Morgan fingerprint density at radius 3 is 2.42 bits per heavy atom. The minimum Gasteiger partial charge on any atom is -0.490 e. The summed E-state index contributed by atoms with van der Waals surface area (Å²) in [5.74, 6) is 1.26. The third-order valence-corrected chi connectivity index (χ3v) is 4.91. The summed E-state index contributed by atoms with van der Waals surface area (Å²) in [7, 11) is 0. The van der Waals surface area contributed by atoms with Crippen molar-refractivity contribution < 1.29 is 22.6 Å². The Labute approximate surface area is 193 Å². The molecule has 11 heteroatoms. The van der Waals surface area contributed by atoms with Gasteiger partial charge in [0.05, 0.1) is 30.7 Å². The lowest BCUT2D eigenvalue weighted by atomic mass is 10.1. The van der Waals surface area contributed by atoms with Gasteiger partial charge in [0.2, 0.25) is 0 Å². The van der Waals surface area contributed by atoms with Crippen LogP contribution in [0.4, 0.5) is 18.9 Å². The zero-order valence-electron chi connectivity index (χ0n) is 17.9. The highest BCUT2D eigenvalue weighted by Gasteiger charge is 2.30. The van der Waals surface area contributed by atoms with Gasteiger partial charge in [-0.3, -0.25) is 4.79 Å². The third kappa shape index (κ3) is 5.95. The molecule has 0 bridgehead atoms. The average Bonchev–Trinajstić information content (AvgIpc) is 2.78. The van der Waals surface area contributed by atoms with Crippen LogP contribution in [0.1, 0.15) is 25.0 Å². The molecule has 0 saturated heterocycles. The van der Waals surface area contributed by atoms with E-state index in [1.54, 1.807) is 0 Å². The van der Waals surface area contributed by atoms with Gasteiger partial charge in [-0.2, -0.15) is 23.0 Å². The minimum absolute atomic E-state index is 0.0701. The molecule has 0 aliphatic heterocycles. The first-order valence-electron chi connectivity index (χ1n) is 10.2. The van der Waals surface area contributed by atoms with Crippen molar-refractivity contribution in [3.05, 3.63) is 69.2 Å². The van der Waals surface area contributed by atoms with E-state index >= 15 is 0 Å². The number of aromatic nitrogens is 3. The molecular formula is C22H22ClF3N4O3. The van der Waals surface area contributed by atoms with Gasteiger partial charge in [-0.05, 0) is 50.1 Å². The molecule has 2 aromatic heterocycles. The normalized spacial score (nSPS) is 11.3. The lowest BCUT2D eigenvalue weighted by Crippen LogP contribution is -2.24. The molecular weight excluding hydrogens is 461 g/mol. The number of hydrogen-bond acceptors (Lipinski definition) is 6. The highest BCUT2D eigenvalue weighted by Crippen LogP contribution is 2.29. The lowest BCUT2D eigenvalue weighted by Gasteiger charge is -2.13. The summed E-state index contributed by atoms with van der Waals surface area (Å²) in [6.45, 7) is 5.27. The van der Waals surface area contributed by atoms with Crippen LogP contribution < -0.4 is 20.3 Å². The molecule has 0 aliphatic carbocycles. The summed E-state index contributed by atoms with van der Waals surface area (Å²) < 4.78 is 50.1. The van der Waals surface area contributed by atoms with Gasteiger partial charge in [-0.15, -0.1) is 0 Å². The number of hydrogen-bond donors (Lipinski definition) is 1. The van der Waals surface area contributed by atoms with Crippen LogP contribution in [0.15, 0.2) is 47.5 Å². The molecule has 176 valence electrons. The molecule has 1 N–H and O–H groups in total. The van der Waals surface area contributed by atoms with Crippen molar-refractivity contribution in [3.8, 4) is 17.3 Å². The molecule has 0 amide bonds. The molecule has 2 heterocycles. The fourth-order valence-corrected chi connectivity index (χ4v) is 3.19. The second kappa shape index (κ2) is 10.6. The van der Waals surface area contributed by atoms with E-state index in [4.69, 9.17) is 21.1 Å². The molecule has 0 radical (unpaired) electrons. The van der Waals surface area contributed by atoms with Crippen LogP contribution >= 0.6 is 11.6 Å². The number of benzene rings is 1. The van der Waals surface area contributed by atoms with Gasteiger partial charge in [0.25, 0.3) is 5.56 Å². The van der Waals surface area contributed by atoms with Crippen molar-refractivity contribution in [2.24, 2.45) is 0 Å². The van der Waals surface area contributed by atoms with Crippen LogP contribution in [-0.2, 0) is 12.6 Å². The van der Waals surface area contributed by atoms with E-state index in [1.807, 2.05) is 32.0 Å². The standard InChI is InChI=1S/C22H22ClF3N4O3/c1-3-32-17-7-5-14(11-18(17)33-4-2)9-10-27-16-13-29-30(21(31)20(16)23)19-8-6-15(12-28-19)22(24,25)26/h5-8,11-13,27H,3-4,9-10H2,1-2H3. The van der Waals surface area contributed by atoms with E-state index in [2.05, 4.69) is 15.4 Å². The SMILES string of the molecule is CCOc1ccc(CCNc2cnn(-c3ccc(C(F)(F)F)cn3)c(=O)c2Cl)cc1OCC. The molecule has 0 saturated carbocycles. The highest BCUT2D eigenvalue weighted by atomic mass is 35.5. The summed E-state index contributed by atoms with van der Waals surface area (Å²) >= 11 is 6.18. The van der Waals surface area contributed by atoms with E-state index in [-0.39, 0.29) is 10.8 Å². The Hall–Kier alpha value is -3.27. The van der Waals surface area contributed by atoms with Crippen molar-refractivity contribution in [1.82, 2.24) is 14.8 Å². The van der Waals surface area contributed by atoms with Gasteiger partial charge in [0.15, 0.2) is 17.3 Å². The number of rotatable bonds is 9. The molecule has 3 aromatic rings. The first-order valence-corrected chi connectivity index (χ1v) is 10.6. The quantitative estimate of drug-likeness (QED) is 0.474. The molecule has 3 rings (SSSR count). The summed E-state index contributed by atoms with van der Waals surface area (Å²) in [4.78, 5) is 16.2. The van der Waals surface area contributed by atoms with Crippen LogP contribution in [0, 0.1) is 0 Å². The lowest BCUT2D eigenvalue weighted by molar-refractivity contribution is -0.137. The van der Waals surface area contributed by atoms with Crippen molar-refractivity contribution in [3.63, 3.8) is 0 Å². The van der Waals surface area contributed by atoms with Crippen LogP contribution in [0.3, 0.4) is 0 Å². The number of pyridine rings is 1. The first-order chi connectivity index (χ1) is 15.7. The topological polar surface area (TPSA) is 78.3 Å². The van der Waals surface area contributed by atoms with Crippen molar-refractivity contribution >= 4 is 17.3 Å². The van der Waals surface area contributed by atoms with Crippen LogP contribution in [-0.4, -0.2) is 34.5 Å². The highest BCUT2D eigenvalue weighted by molar-refractivity contribution is 6.32. The summed E-state index contributed by atoms with van der Waals surface area (Å²) in [5, 5.41) is 6.88. The number of nitrogens with zero attached hydrogens (tertiary/aromatic N) is 3. The van der Waals surface area contributed by atoms with E-state index in [1.165, 1.54) is 6.20 Å². The average molecular weight is 483 g/mol. The summed E-state index contributed by atoms with van der Waals surface area (Å²) in [5.41, 5.74) is -0.333. The largest absolute Gasteiger partial charge is 0.490 e. The summed E-state index contributed by atoms with van der Waals surface area (Å²) in [6.07, 6.45) is -1.96. The molecule has 33 heavy (non-hydrogen) atoms. The number of ether oxygens (including phenoxy) is 2. The molecule has 0 aliphatic rings. The molecule has 0 unspecified atom stereocenters. The summed E-state index contributed by atoms with van der Waals surface area (Å²) in [6, 6.07) is 7.54. The van der Waals surface area contributed by atoms with Crippen LogP contribution in [0.2, 0.25) is 5.02 Å². The predicted octanol–water partition coefficient (Wildman–Crippen LogP) is 4.75. The van der Waals surface area contributed by atoms with Crippen LogP contribution in [0.25, 0.3) is 5.82 Å². The maximum atomic E-state index is 12.7. The smallest absolute Gasteiger partial charge is 0.417 e. The Kier molecular flexibility index (Phi) is 7.80. The second-order valence-corrected chi connectivity index (χ2v) is 7.19. The molecule has 1 aromatic carbocycles. The fourth-order valence-electron chi connectivity index (χ4n) is 2.99. The van der Waals surface area contributed by atoms with Crippen molar-refractivity contribution in [2.45, 2.75) is 26.4 Å². The number of alkyl halides is 3. The van der Waals surface area contributed by atoms with Gasteiger partial charge in [0, 0.05) is 12.7 Å². The van der Waals surface area contributed by atoms with Gasteiger partial charge in [0.1, 0.15) is 5.02 Å². The molecule has 0 atom stereocenters. The van der Waals surface area contributed by atoms with E-state index in [0.717, 1.165) is 22.4 Å². The zero-order chi connectivity index (χ0) is 24.0. The Morgan fingerprint density at radius 2 is 1.79 bits per heavy atom. The second-order valence-electron chi connectivity index (χ2n) is 6.82. The van der Waals surface area contributed by atoms with E-state index in [0.29, 0.717) is 49.6 Å². The maximum Gasteiger partial charge on any atom is 0.417 e.